The lowest BCUT2D eigenvalue weighted by Crippen LogP contribution is -2.40. The number of carbonyl (C=O) groups is 1. The van der Waals surface area contributed by atoms with Gasteiger partial charge in [0.05, 0.1) is 11.9 Å². The van der Waals surface area contributed by atoms with Crippen LogP contribution in [-0.2, 0) is 11.0 Å². The average molecular weight is 405 g/mol. The summed E-state index contributed by atoms with van der Waals surface area (Å²) >= 11 is 0. The summed E-state index contributed by atoms with van der Waals surface area (Å²) in [4.78, 5) is 30.9. The molecule has 0 saturated carbocycles. The molecule has 1 fully saturated rings. The van der Waals surface area contributed by atoms with Crippen molar-refractivity contribution in [1.29, 1.82) is 0 Å². The SMILES string of the molecule is C[C@H](C(=O)N1CCCC1)n1c(C(F)(F)F)nc2c(cnn2-c2ccccc2)c1=O. The number of likely N-dealkylation sites (tertiary alicyclic amines) is 1. The molecule has 0 aliphatic carbocycles. The van der Waals surface area contributed by atoms with Crippen molar-refractivity contribution in [3.8, 4) is 5.69 Å². The summed E-state index contributed by atoms with van der Waals surface area (Å²) in [5.41, 5.74) is -0.670. The maximum atomic E-state index is 13.8. The molecular weight excluding hydrogens is 387 g/mol. The number of amides is 1. The van der Waals surface area contributed by atoms with Gasteiger partial charge in [0.1, 0.15) is 11.4 Å². The van der Waals surface area contributed by atoms with Crippen molar-refractivity contribution in [2.75, 3.05) is 13.1 Å². The maximum absolute atomic E-state index is 13.8. The molecule has 1 saturated heterocycles. The monoisotopic (exact) mass is 405 g/mol. The number of hydrogen-bond acceptors (Lipinski definition) is 4. The van der Waals surface area contributed by atoms with Crippen LogP contribution in [0.4, 0.5) is 13.2 Å². The molecule has 1 aliphatic rings. The number of halogens is 3. The van der Waals surface area contributed by atoms with Crippen LogP contribution in [0.5, 0.6) is 0 Å². The van der Waals surface area contributed by atoms with E-state index >= 15 is 0 Å². The number of nitrogens with zero attached hydrogens (tertiary/aromatic N) is 5. The lowest BCUT2D eigenvalue weighted by molar-refractivity contribution is -0.150. The molecule has 4 rings (SSSR count). The van der Waals surface area contributed by atoms with E-state index in [-0.39, 0.29) is 11.0 Å². The molecule has 2 aromatic heterocycles. The Hall–Kier alpha value is -3.17. The zero-order valence-electron chi connectivity index (χ0n) is 15.6. The smallest absolute Gasteiger partial charge is 0.341 e. The zero-order chi connectivity index (χ0) is 20.8. The highest BCUT2D eigenvalue weighted by atomic mass is 19.4. The van der Waals surface area contributed by atoms with Crippen LogP contribution in [0, 0.1) is 0 Å². The van der Waals surface area contributed by atoms with Gasteiger partial charge in [-0.1, -0.05) is 18.2 Å². The summed E-state index contributed by atoms with van der Waals surface area (Å²) in [5, 5.41) is 3.97. The fourth-order valence-corrected chi connectivity index (χ4v) is 3.61. The van der Waals surface area contributed by atoms with E-state index in [1.807, 2.05) is 0 Å². The Morgan fingerprint density at radius 3 is 2.41 bits per heavy atom. The van der Waals surface area contributed by atoms with Crippen LogP contribution in [0.25, 0.3) is 16.7 Å². The number of rotatable bonds is 3. The van der Waals surface area contributed by atoms with Crippen molar-refractivity contribution in [3.05, 3.63) is 52.7 Å². The number of para-hydroxylation sites is 1. The summed E-state index contributed by atoms with van der Waals surface area (Å²) in [6, 6.07) is 7.12. The highest BCUT2D eigenvalue weighted by Crippen LogP contribution is 2.30. The molecular formula is C19H18F3N5O2. The van der Waals surface area contributed by atoms with Gasteiger partial charge in [0.2, 0.25) is 11.7 Å². The Labute approximate surface area is 163 Å². The third-order valence-electron chi connectivity index (χ3n) is 5.05. The second-order valence-corrected chi connectivity index (χ2v) is 6.95. The molecule has 3 heterocycles. The first-order chi connectivity index (χ1) is 13.8. The summed E-state index contributed by atoms with van der Waals surface area (Å²) in [6.07, 6.45) is -2.15. The van der Waals surface area contributed by atoms with Gasteiger partial charge >= 0.3 is 6.18 Å². The van der Waals surface area contributed by atoms with Crippen LogP contribution in [0.15, 0.2) is 41.3 Å². The van der Waals surface area contributed by atoms with E-state index in [1.54, 1.807) is 30.3 Å². The van der Waals surface area contributed by atoms with Crippen LogP contribution in [-0.4, -0.2) is 43.2 Å². The van der Waals surface area contributed by atoms with E-state index in [2.05, 4.69) is 10.1 Å². The quantitative estimate of drug-likeness (QED) is 0.672. The third-order valence-corrected chi connectivity index (χ3v) is 5.05. The van der Waals surface area contributed by atoms with E-state index < -0.39 is 29.5 Å². The molecule has 0 radical (unpaired) electrons. The predicted octanol–water partition coefficient (Wildman–Crippen LogP) is 2.78. The number of benzene rings is 1. The molecule has 7 nitrogen and oxygen atoms in total. The zero-order valence-corrected chi connectivity index (χ0v) is 15.6. The Morgan fingerprint density at radius 2 is 1.79 bits per heavy atom. The van der Waals surface area contributed by atoms with E-state index in [0.29, 0.717) is 23.3 Å². The Bertz CT molecular complexity index is 1110. The van der Waals surface area contributed by atoms with Crippen molar-refractivity contribution < 1.29 is 18.0 Å². The highest BCUT2D eigenvalue weighted by molar-refractivity contribution is 5.81. The van der Waals surface area contributed by atoms with Crippen molar-refractivity contribution in [2.45, 2.75) is 32.0 Å². The molecule has 1 aliphatic heterocycles. The first-order valence-corrected chi connectivity index (χ1v) is 9.20. The average Bonchev–Trinajstić information content (AvgIpc) is 3.37. The Kier molecular flexibility index (Phi) is 4.64. The van der Waals surface area contributed by atoms with Crippen LogP contribution >= 0.6 is 0 Å². The molecule has 1 amide bonds. The number of fused-ring (bicyclic) bond motifs is 1. The summed E-state index contributed by atoms with van der Waals surface area (Å²) in [6.45, 7) is 2.24. The van der Waals surface area contributed by atoms with Crippen LogP contribution in [0.1, 0.15) is 31.6 Å². The van der Waals surface area contributed by atoms with Gasteiger partial charge in [-0.2, -0.15) is 18.3 Å². The van der Waals surface area contributed by atoms with Crippen molar-refractivity contribution in [3.63, 3.8) is 0 Å². The number of hydrogen-bond donors (Lipinski definition) is 0. The van der Waals surface area contributed by atoms with Crippen LogP contribution in [0.3, 0.4) is 0 Å². The van der Waals surface area contributed by atoms with Gasteiger partial charge in [0.15, 0.2) is 5.65 Å². The minimum atomic E-state index is -4.92. The standard InChI is InChI=1S/C19H18F3N5O2/c1-12(16(28)25-9-5-6-10-25)26-17(29)14-11-23-27(13-7-3-2-4-8-13)15(14)24-18(26)19(20,21)22/h2-4,7-8,11-12H,5-6,9-10H2,1H3/t12-/m1/s1. The first-order valence-electron chi connectivity index (χ1n) is 9.20. The second-order valence-electron chi connectivity index (χ2n) is 6.95. The van der Waals surface area contributed by atoms with Gasteiger partial charge in [0.25, 0.3) is 5.56 Å². The fraction of sp³-hybridized carbons (Fsp3) is 0.368. The molecule has 0 N–H and O–H groups in total. The minimum Gasteiger partial charge on any atom is -0.341 e. The van der Waals surface area contributed by atoms with Gasteiger partial charge in [-0.25, -0.2) is 9.67 Å². The summed E-state index contributed by atoms with van der Waals surface area (Å²) in [7, 11) is 0. The third kappa shape index (κ3) is 3.28. The van der Waals surface area contributed by atoms with E-state index in [4.69, 9.17) is 0 Å². The highest BCUT2D eigenvalue weighted by Gasteiger charge is 2.41. The molecule has 3 aromatic rings. The Morgan fingerprint density at radius 1 is 1.14 bits per heavy atom. The maximum Gasteiger partial charge on any atom is 0.449 e. The number of alkyl halides is 3. The van der Waals surface area contributed by atoms with E-state index in [1.165, 1.54) is 22.7 Å². The molecule has 0 spiro atoms. The topological polar surface area (TPSA) is 73.0 Å². The minimum absolute atomic E-state index is 0.0806. The first kappa shape index (κ1) is 19.2. The van der Waals surface area contributed by atoms with E-state index in [0.717, 1.165) is 12.8 Å². The predicted molar refractivity (Wildman–Crippen MR) is 98.7 cm³/mol. The van der Waals surface area contributed by atoms with Crippen LogP contribution < -0.4 is 5.56 Å². The van der Waals surface area contributed by atoms with Crippen molar-refractivity contribution in [1.82, 2.24) is 24.2 Å². The molecule has 152 valence electrons. The largest absolute Gasteiger partial charge is 0.449 e. The van der Waals surface area contributed by atoms with Gasteiger partial charge in [-0.3, -0.25) is 14.2 Å². The molecule has 10 heteroatoms. The second kappa shape index (κ2) is 7.02. The lowest BCUT2D eigenvalue weighted by Gasteiger charge is -2.24. The normalized spacial score (nSPS) is 15.8. The summed E-state index contributed by atoms with van der Waals surface area (Å²) < 4.78 is 43.1. The van der Waals surface area contributed by atoms with Gasteiger partial charge in [-0.05, 0) is 31.9 Å². The molecule has 29 heavy (non-hydrogen) atoms. The van der Waals surface area contributed by atoms with Crippen LogP contribution in [0.2, 0.25) is 0 Å². The fourth-order valence-electron chi connectivity index (χ4n) is 3.61. The lowest BCUT2D eigenvalue weighted by atomic mass is 10.2. The number of aromatic nitrogens is 4. The molecule has 1 aromatic carbocycles. The molecule has 0 bridgehead atoms. The Balaban J connectivity index is 1.92. The van der Waals surface area contributed by atoms with Gasteiger partial charge in [0, 0.05) is 13.1 Å². The van der Waals surface area contributed by atoms with Gasteiger partial charge < -0.3 is 4.90 Å². The molecule has 1 atom stereocenters. The van der Waals surface area contributed by atoms with Gasteiger partial charge in [-0.15, -0.1) is 0 Å². The van der Waals surface area contributed by atoms with Crippen molar-refractivity contribution in [2.24, 2.45) is 0 Å². The molecule has 0 unspecified atom stereocenters. The van der Waals surface area contributed by atoms with E-state index in [9.17, 15) is 22.8 Å². The number of carbonyl (C=O) groups excluding carboxylic acids is 1. The van der Waals surface area contributed by atoms with Crippen molar-refractivity contribution >= 4 is 16.9 Å². The summed E-state index contributed by atoms with van der Waals surface area (Å²) in [5.74, 6) is -1.93.